The first-order chi connectivity index (χ1) is 10.1. The smallest absolute Gasteiger partial charge is 0.260 e. The molecule has 0 aliphatic carbocycles. The maximum Gasteiger partial charge on any atom is 0.260 e. The van der Waals surface area contributed by atoms with Gasteiger partial charge in [-0.3, -0.25) is 4.79 Å². The van der Waals surface area contributed by atoms with E-state index in [1.54, 1.807) is 14.0 Å². The van der Waals surface area contributed by atoms with E-state index in [2.05, 4.69) is 12.2 Å². The second-order valence-corrected chi connectivity index (χ2v) is 5.06. The van der Waals surface area contributed by atoms with Crippen molar-refractivity contribution in [1.29, 1.82) is 0 Å². The van der Waals surface area contributed by atoms with E-state index in [0.717, 1.165) is 12.8 Å². The van der Waals surface area contributed by atoms with Gasteiger partial charge in [0, 0.05) is 19.7 Å². The number of amides is 1. The Balaban J connectivity index is 2.45. The van der Waals surface area contributed by atoms with Crippen molar-refractivity contribution in [2.75, 3.05) is 20.3 Å². The molecule has 3 N–H and O–H groups in total. The molecule has 1 aromatic rings. The lowest BCUT2D eigenvalue weighted by molar-refractivity contribution is -0.127. The summed E-state index contributed by atoms with van der Waals surface area (Å²) in [4.78, 5) is 11.8. The van der Waals surface area contributed by atoms with Gasteiger partial charge in [0.1, 0.15) is 5.75 Å². The van der Waals surface area contributed by atoms with Gasteiger partial charge in [0.05, 0.1) is 6.61 Å². The van der Waals surface area contributed by atoms with Gasteiger partial charge in [-0.15, -0.1) is 0 Å². The summed E-state index contributed by atoms with van der Waals surface area (Å²) in [6, 6.07) is 7.90. The van der Waals surface area contributed by atoms with Crippen LogP contribution in [-0.4, -0.2) is 38.3 Å². The van der Waals surface area contributed by atoms with Crippen LogP contribution in [-0.2, 0) is 16.0 Å². The molecule has 2 unspecified atom stereocenters. The number of methoxy groups -OCH3 is 1. The molecule has 5 nitrogen and oxygen atoms in total. The van der Waals surface area contributed by atoms with Crippen LogP contribution in [0.25, 0.3) is 0 Å². The Morgan fingerprint density at radius 3 is 2.57 bits per heavy atom. The van der Waals surface area contributed by atoms with Gasteiger partial charge in [-0.1, -0.05) is 19.1 Å². The zero-order valence-electron chi connectivity index (χ0n) is 13.1. The zero-order valence-corrected chi connectivity index (χ0v) is 13.1. The minimum atomic E-state index is -0.536. The molecule has 1 amide bonds. The minimum Gasteiger partial charge on any atom is -0.481 e. The van der Waals surface area contributed by atoms with Gasteiger partial charge < -0.3 is 20.5 Å². The van der Waals surface area contributed by atoms with Crippen LogP contribution in [0.1, 0.15) is 25.8 Å². The van der Waals surface area contributed by atoms with E-state index in [4.69, 9.17) is 15.2 Å². The third-order valence-corrected chi connectivity index (χ3v) is 3.23. The Labute approximate surface area is 126 Å². The highest BCUT2D eigenvalue weighted by molar-refractivity contribution is 5.80. The molecule has 118 valence electrons. The van der Waals surface area contributed by atoms with Crippen LogP contribution < -0.4 is 15.8 Å². The van der Waals surface area contributed by atoms with Crippen molar-refractivity contribution in [2.24, 2.45) is 5.73 Å². The summed E-state index contributed by atoms with van der Waals surface area (Å²) < 4.78 is 10.5. The molecule has 1 rings (SSSR count). The molecule has 0 saturated carbocycles. The van der Waals surface area contributed by atoms with Crippen molar-refractivity contribution in [3.63, 3.8) is 0 Å². The van der Waals surface area contributed by atoms with Crippen molar-refractivity contribution >= 4 is 5.91 Å². The lowest BCUT2D eigenvalue weighted by atomic mass is 10.0. The van der Waals surface area contributed by atoms with Crippen LogP contribution in [0.5, 0.6) is 5.75 Å². The van der Waals surface area contributed by atoms with Crippen LogP contribution in [0.4, 0.5) is 0 Å². The van der Waals surface area contributed by atoms with Crippen LogP contribution in [0.15, 0.2) is 24.3 Å². The van der Waals surface area contributed by atoms with Crippen LogP contribution in [0.2, 0.25) is 0 Å². The summed E-state index contributed by atoms with van der Waals surface area (Å²) in [5.41, 5.74) is 7.10. The standard InChI is InChI=1S/C16H26N2O3/c1-4-14(17)11-13-5-7-15(8-6-13)21-12(2)16(19)18-9-10-20-3/h5-8,12,14H,4,9-11,17H2,1-3H3,(H,18,19). The molecular formula is C16H26N2O3. The molecule has 0 spiro atoms. The van der Waals surface area contributed by atoms with Crippen molar-refractivity contribution in [1.82, 2.24) is 5.32 Å². The number of benzene rings is 1. The maximum absolute atomic E-state index is 11.8. The first-order valence-electron chi connectivity index (χ1n) is 7.34. The predicted octanol–water partition coefficient (Wildman–Crippen LogP) is 1.50. The average Bonchev–Trinajstić information content (AvgIpc) is 2.49. The summed E-state index contributed by atoms with van der Waals surface area (Å²) in [5, 5.41) is 2.74. The van der Waals surface area contributed by atoms with Crippen molar-refractivity contribution in [3.05, 3.63) is 29.8 Å². The molecule has 0 aromatic heterocycles. The zero-order chi connectivity index (χ0) is 15.7. The predicted molar refractivity (Wildman–Crippen MR) is 83.4 cm³/mol. The molecule has 0 radical (unpaired) electrons. The summed E-state index contributed by atoms with van der Waals surface area (Å²) in [7, 11) is 1.60. The fourth-order valence-electron chi connectivity index (χ4n) is 1.83. The Kier molecular flexibility index (Phi) is 7.79. The molecule has 0 aliphatic heterocycles. The van der Waals surface area contributed by atoms with Gasteiger partial charge in [0.25, 0.3) is 5.91 Å². The van der Waals surface area contributed by atoms with Crippen molar-refractivity contribution < 1.29 is 14.3 Å². The van der Waals surface area contributed by atoms with E-state index >= 15 is 0 Å². The van der Waals surface area contributed by atoms with E-state index in [9.17, 15) is 4.79 Å². The Morgan fingerprint density at radius 1 is 1.33 bits per heavy atom. The quantitative estimate of drug-likeness (QED) is 0.677. The Morgan fingerprint density at radius 2 is 2.00 bits per heavy atom. The van der Waals surface area contributed by atoms with Gasteiger partial charge in [0.2, 0.25) is 0 Å². The number of nitrogens with two attached hydrogens (primary N) is 1. The first-order valence-corrected chi connectivity index (χ1v) is 7.34. The molecule has 5 heteroatoms. The number of hydrogen-bond donors (Lipinski definition) is 2. The number of carbonyl (C=O) groups is 1. The van der Waals surface area contributed by atoms with Gasteiger partial charge in [-0.05, 0) is 37.5 Å². The number of hydrogen-bond acceptors (Lipinski definition) is 4. The van der Waals surface area contributed by atoms with Crippen molar-refractivity contribution in [2.45, 2.75) is 38.8 Å². The monoisotopic (exact) mass is 294 g/mol. The molecule has 0 saturated heterocycles. The summed E-state index contributed by atoms with van der Waals surface area (Å²) >= 11 is 0. The summed E-state index contributed by atoms with van der Waals surface area (Å²) in [5.74, 6) is 0.530. The SMILES string of the molecule is CCC(N)Cc1ccc(OC(C)C(=O)NCCOC)cc1. The molecule has 2 atom stereocenters. The number of nitrogens with one attached hydrogen (secondary N) is 1. The van der Waals surface area contributed by atoms with Crippen molar-refractivity contribution in [3.8, 4) is 5.75 Å². The Hall–Kier alpha value is -1.59. The fourth-order valence-corrected chi connectivity index (χ4v) is 1.83. The number of ether oxygens (including phenoxy) is 2. The molecular weight excluding hydrogens is 268 g/mol. The number of rotatable bonds is 9. The molecule has 0 aliphatic rings. The first kappa shape index (κ1) is 17.5. The molecule has 0 bridgehead atoms. The lowest BCUT2D eigenvalue weighted by Crippen LogP contribution is -2.37. The van der Waals surface area contributed by atoms with E-state index in [-0.39, 0.29) is 11.9 Å². The topological polar surface area (TPSA) is 73.6 Å². The third-order valence-electron chi connectivity index (χ3n) is 3.23. The van der Waals surface area contributed by atoms with E-state index in [1.165, 1.54) is 5.56 Å². The minimum absolute atomic E-state index is 0.149. The molecule has 0 fully saturated rings. The Bertz CT molecular complexity index is 420. The third kappa shape index (κ3) is 6.60. The fraction of sp³-hybridized carbons (Fsp3) is 0.562. The number of carbonyl (C=O) groups excluding carboxylic acids is 1. The molecule has 0 heterocycles. The van der Waals surface area contributed by atoms with Gasteiger partial charge >= 0.3 is 0 Å². The summed E-state index contributed by atoms with van der Waals surface area (Å²) in [6.45, 7) is 4.77. The lowest BCUT2D eigenvalue weighted by Gasteiger charge is -2.15. The molecule has 1 aromatic carbocycles. The molecule has 21 heavy (non-hydrogen) atoms. The maximum atomic E-state index is 11.8. The van der Waals surface area contributed by atoms with E-state index in [0.29, 0.717) is 18.9 Å². The highest BCUT2D eigenvalue weighted by Crippen LogP contribution is 2.15. The van der Waals surface area contributed by atoms with Gasteiger partial charge in [-0.25, -0.2) is 0 Å². The van der Waals surface area contributed by atoms with Crippen LogP contribution >= 0.6 is 0 Å². The van der Waals surface area contributed by atoms with Gasteiger partial charge in [0.15, 0.2) is 6.10 Å². The van der Waals surface area contributed by atoms with Crippen LogP contribution in [0, 0.1) is 0 Å². The normalized spacial score (nSPS) is 13.5. The van der Waals surface area contributed by atoms with Gasteiger partial charge in [-0.2, -0.15) is 0 Å². The second kappa shape index (κ2) is 9.37. The van der Waals surface area contributed by atoms with Crippen LogP contribution in [0.3, 0.4) is 0 Å². The van der Waals surface area contributed by atoms with E-state index < -0.39 is 6.10 Å². The highest BCUT2D eigenvalue weighted by Gasteiger charge is 2.13. The highest BCUT2D eigenvalue weighted by atomic mass is 16.5. The second-order valence-electron chi connectivity index (χ2n) is 5.06. The summed E-state index contributed by atoms with van der Waals surface area (Å²) in [6.07, 6.45) is 1.27. The largest absolute Gasteiger partial charge is 0.481 e. The average molecular weight is 294 g/mol. The van der Waals surface area contributed by atoms with E-state index in [1.807, 2.05) is 24.3 Å².